The van der Waals surface area contributed by atoms with Gasteiger partial charge in [-0.25, -0.2) is 8.42 Å². The first-order valence-electron chi connectivity index (χ1n) is 5.22. The highest BCUT2D eigenvalue weighted by molar-refractivity contribution is 7.89. The van der Waals surface area contributed by atoms with Gasteiger partial charge in [0.25, 0.3) is 0 Å². The number of rotatable bonds is 5. The molecule has 0 aliphatic heterocycles. The number of halogens is 4. The smallest absolute Gasteiger partial charge is 0.416 e. The molecule has 1 aromatic carbocycles. The molecule has 0 bridgehead atoms. The molecule has 0 aromatic heterocycles. The minimum atomic E-state index is -4.79. The Bertz CT molecular complexity index is 647. The Morgan fingerprint density at radius 2 is 1.95 bits per heavy atom. The number of hydrogen-bond donors (Lipinski definition) is 3. The summed E-state index contributed by atoms with van der Waals surface area (Å²) in [5, 5.41) is 16.9. The zero-order valence-electron chi connectivity index (χ0n) is 10.1. The number of aliphatic hydroxyl groups is 1. The van der Waals surface area contributed by atoms with Crippen molar-refractivity contribution in [1.29, 1.82) is 0 Å². The summed E-state index contributed by atoms with van der Waals surface area (Å²) in [4.78, 5) is 9.72. The second-order valence-electron chi connectivity index (χ2n) is 3.84. The van der Waals surface area contributed by atoms with Crippen molar-refractivity contribution >= 4 is 27.6 Å². The van der Waals surface area contributed by atoms with Crippen LogP contribution in [0.4, 0.5) is 13.2 Å². The monoisotopic (exact) mass is 347 g/mol. The number of aliphatic hydroxyl groups excluding tert-OH is 1. The zero-order valence-corrected chi connectivity index (χ0v) is 11.6. The summed E-state index contributed by atoms with van der Waals surface area (Å²) in [6, 6.07) is -0.308. The van der Waals surface area contributed by atoms with Gasteiger partial charge < -0.3 is 10.2 Å². The Hall–Kier alpha value is -1.36. The Balaban J connectivity index is 3.28. The van der Waals surface area contributed by atoms with Crippen molar-refractivity contribution in [1.82, 2.24) is 4.72 Å². The molecule has 0 heterocycles. The van der Waals surface area contributed by atoms with Crippen LogP contribution >= 0.6 is 11.6 Å². The third-order valence-electron chi connectivity index (χ3n) is 2.33. The number of alkyl halides is 3. The number of benzene rings is 1. The molecule has 1 unspecified atom stereocenters. The van der Waals surface area contributed by atoms with Crippen LogP contribution in [0, 0.1) is 0 Å². The van der Waals surface area contributed by atoms with E-state index in [-0.39, 0.29) is 6.07 Å². The minimum Gasteiger partial charge on any atom is -0.480 e. The minimum absolute atomic E-state index is 0.279. The number of hydrogen-bond acceptors (Lipinski definition) is 4. The molecule has 0 aliphatic carbocycles. The third kappa shape index (κ3) is 4.30. The van der Waals surface area contributed by atoms with Crippen LogP contribution in [-0.4, -0.2) is 37.2 Å². The summed E-state index contributed by atoms with van der Waals surface area (Å²) in [5.74, 6) is -1.69. The molecular weight excluding hydrogens is 339 g/mol. The molecule has 11 heteroatoms. The van der Waals surface area contributed by atoms with E-state index in [1.807, 2.05) is 0 Å². The number of aliphatic carboxylic acids is 1. The molecular formula is C10H9ClF3NO5S. The highest BCUT2D eigenvalue weighted by Crippen LogP contribution is 2.33. The first-order valence-corrected chi connectivity index (χ1v) is 7.08. The molecule has 0 aliphatic rings. The fourth-order valence-electron chi connectivity index (χ4n) is 1.30. The molecule has 6 nitrogen and oxygen atoms in total. The summed E-state index contributed by atoms with van der Waals surface area (Å²) in [6.45, 7) is -1.08. The predicted molar refractivity (Wildman–Crippen MR) is 65.3 cm³/mol. The molecule has 1 atom stereocenters. The van der Waals surface area contributed by atoms with Crippen LogP contribution in [0.15, 0.2) is 23.1 Å². The van der Waals surface area contributed by atoms with Gasteiger partial charge in [-0.3, -0.25) is 4.79 Å². The number of carboxylic acids is 1. The number of carboxylic acid groups (broad SMARTS) is 1. The van der Waals surface area contributed by atoms with Crippen LogP contribution in [0.25, 0.3) is 0 Å². The van der Waals surface area contributed by atoms with Crippen molar-refractivity contribution in [2.75, 3.05) is 6.61 Å². The Kier molecular flexibility index (Phi) is 5.20. The molecule has 0 fully saturated rings. The second kappa shape index (κ2) is 6.18. The molecule has 3 N–H and O–H groups in total. The Morgan fingerprint density at radius 1 is 1.38 bits per heavy atom. The van der Waals surface area contributed by atoms with Crippen molar-refractivity contribution in [3.63, 3.8) is 0 Å². The van der Waals surface area contributed by atoms with E-state index in [0.29, 0.717) is 6.07 Å². The average molecular weight is 348 g/mol. The van der Waals surface area contributed by atoms with E-state index < -0.39 is 50.3 Å². The molecule has 118 valence electrons. The van der Waals surface area contributed by atoms with Gasteiger partial charge in [0, 0.05) is 0 Å². The Labute approximate surface area is 122 Å². The maximum absolute atomic E-state index is 12.6. The fourth-order valence-corrected chi connectivity index (χ4v) is 3.01. The van der Waals surface area contributed by atoms with Crippen molar-refractivity contribution in [3.8, 4) is 0 Å². The van der Waals surface area contributed by atoms with Crippen LogP contribution in [0.5, 0.6) is 0 Å². The lowest BCUT2D eigenvalue weighted by atomic mass is 10.2. The lowest BCUT2D eigenvalue weighted by Crippen LogP contribution is -2.43. The zero-order chi connectivity index (χ0) is 16.4. The summed E-state index contributed by atoms with van der Waals surface area (Å²) >= 11 is 5.54. The molecule has 0 amide bonds. The summed E-state index contributed by atoms with van der Waals surface area (Å²) in [6.07, 6.45) is -4.79. The van der Waals surface area contributed by atoms with Gasteiger partial charge >= 0.3 is 12.1 Å². The maximum Gasteiger partial charge on any atom is 0.416 e. The van der Waals surface area contributed by atoms with E-state index >= 15 is 0 Å². The maximum atomic E-state index is 12.6. The van der Waals surface area contributed by atoms with Gasteiger partial charge in [0.15, 0.2) is 0 Å². The predicted octanol–water partition coefficient (Wildman–Crippen LogP) is 1.08. The molecule has 1 aromatic rings. The van der Waals surface area contributed by atoms with Crippen molar-refractivity contribution in [2.24, 2.45) is 0 Å². The normalized spacial score (nSPS) is 14.0. The van der Waals surface area contributed by atoms with Crippen molar-refractivity contribution in [3.05, 3.63) is 28.8 Å². The molecule has 0 saturated heterocycles. The number of sulfonamides is 1. The van der Waals surface area contributed by atoms with Crippen LogP contribution in [-0.2, 0) is 21.0 Å². The SMILES string of the molecule is O=C(O)C(CO)NS(=O)(=O)c1cc(C(F)(F)F)ccc1Cl. The topological polar surface area (TPSA) is 104 Å². The first-order chi connectivity index (χ1) is 9.49. The lowest BCUT2D eigenvalue weighted by Gasteiger charge is -2.14. The quantitative estimate of drug-likeness (QED) is 0.739. The number of carbonyl (C=O) groups is 1. The van der Waals surface area contributed by atoms with Crippen LogP contribution in [0.2, 0.25) is 5.02 Å². The van der Waals surface area contributed by atoms with Gasteiger partial charge in [-0.2, -0.15) is 17.9 Å². The summed E-state index contributed by atoms with van der Waals surface area (Å²) in [7, 11) is -4.65. The van der Waals surface area contributed by atoms with Gasteiger partial charge in [0.05, 0.1) is 17.2 Å². The van der Waals surface area contributed by atoms with Crippen molar-refractivity contribution < 1.29 is 36.6 Å². The van der Waals surface area contributed by atoms with Crippen LogP contribution in [0.3, 0.4) is 0 Å². The highest BCUT2D eigenvalue weighted by atomic mass is 35.5. The highest BCUT2D eigenvalue weighted by Gasteiger charge is 2.33. The molecule has 1 rings (SSSR count). The van der Waals surface area contributed by atoms with E-state index in [1.165, 1.54) is 0 Å². The Morgan fingerprint density at radius 3 is 2.38 bits per heavy atom. The summed E-state index contributed by atoms with van der Waals surface area (Å²) in [5.41, 5.74) is -1.26. The van der Waals surface area contributed by atoms with Gasteiger partial charge in [0.1, 0.15) is 10.9 Å². The molecule has 0 radical (unpaired) electrons. The van der Waals surface area contributed by atoms with Crippen LogP contribution in [0.1, 0.15) is 5.56 Å². The van der Waals surface area contributed by atoms with E-state index in [1.54, 1.807) is 4.72 Å². The first kappa shape index (κ1) is 17.7. The van der Waals surface area contributed by atoms with E-state index in [0.717, 1.165) is 6.07 Å². The number of nitrogens with one attached hydrogen (secondary N) is 1. The van der Waals surface area contributed by atoms with E-state index in [4.69, 9.17) is 21.8 Å². The van der Waals surface area contributed by atoms with Gasteiger partial charge in [-0.1, -0.05) is 11.6 Å². The van der Waals surface area contributed by atoms with E-state index in [2.05, 4.69) is 0 Å². The van der Waals surface area contributed by atoms with Gasteiger partial charge in [-0.15, -0.1) is 0 Å². The lowest BCUT2D eigenvalue weighted by molar-refractivity contribution is -0.140. The van der Waals surface area contributed by atoms with E-state index in [9.17, 15) is 26.4 Å². The third-order valence-corrected chi connectivity index (χ3v) is 4.28. The van der Waals surface area contributed by atoms with Crippen LogP contribution < -0.4 is 4.72 Å². The van der Waals surface area contributed by atoms with Gasteiger partial charge in [-0.05, 0) is 18.2 Å². The average Bonchev–Trinajstić information content (AvgIpc) is 2.34. The molecule has 21 heavy (non-hydrogen) atoms. The fraction of sp³-hybridized carbons (Fsp3) is 0.300. The molecule has 0 spiro atoms. The van der Waals surface area contributed by atoms with Gasteiger partial charge in [0.2, 0.25) is 10.0 Å². The second-order valence-corrected chi connectivity index (χ2v) is 5.93. The summed E-state index contributed by atoms with van der Waals surface area (Å²) < 4.78 is 62.9. The largest absolute Gasteiger partial charge is 0.480 e. The van der Waals surface area contributed by atoms with Crippen molar-refractivity contribution in [2.45, 2.75) is 17.1 Å². The molecule has 0 saturated carbocycles. The standard InChI is InChI=1S/C10H9ClF3NO5S/c11-6-2-1-5(10(12,13)14)3-8(6)21(19,20)15-7(4-16)9(17)18/h1-3,7,15-16H,4H2,(H,17,18).